The van der Waals surface area contributed by atoms with Crippen molar-refractivity contribution in [1.82, 2.24) is 0 Å². The lowest BCUT2D eigenvalue weighted by molar-refractivity contribution is -0.118. The predicted molar refractivity (Wildman–Crippen MR) is 127 cm³/mol. The molecule has 0 unspecified atom stereocenters. The molecule has 2 aromatic heterocycles. The Hall–Kier alpha value is -3.37. The Morgan fingerprint density at radius 2 is 1.74 bits per heavy atom. The highest BCUT2D eigenvalue weighted by atomic mass is 35.5. The molecule has 0 saturated carbocycles. The Morgan fingerprint density at radius 3 is 2.41 bits per heavy atom. The van der Waals surface area contributed by atoms with E-state index in [0.717, 1.165) is 11.3 Å². The van der Waals surface area contributed by atoms with E-state index >= 15 is 0 Å². The number of anilines is 1. The zero-order valence-corrected chi connectivity index (χ0v) is 20.5. The molecule has 1 aromatic carbocycles. The van der Waals surface area contributed by atoms with E-state index in [4.69, 9.17) is 30.2 Å². The number of fused-ring (bicyclic) bond motifs is 1. The van der Waals surface area contributed by atoms with Gasteiger partial charge in [0.1, 0.15) is 21.2 Å². The molecule has 0 saturated heterocycles. The number of thiophene rings is 1. The van der Waals surface area contributed by atoms with Crippen LogP contribution in [0.5, 0.6) is 5.75 Å². The Bertz CT molecular complexity index is 1330. The normalized spacial score (nSPS) is 10.7. The van der Waals surface area contributed by atoms with Crippen molar-refractivity contribution in [3.63, 3.8) is 0 Å². The van der Waals surface area contributed by atoms with Gasteiger partial charge in [-0.1, -0.05) is 11.6 Å². The van der Waals surface area contributed by atoms with Crippen molar-refractivity contribution >= 4 is 56.8 Å². The first kappa shape index (κ1) is 25.3. The van der Waals surface area contributed by atoms with E-state index in [2.05, 4.69) is 5.32 Å². The van der Waals surface area contributed by atoms with Crippen molar-refractivity contribution in [3.8, 4) is 5.75 Å². The van der Waals surface area contributed by atoms with Crippen molar-refractivity contribution in [1.29, 1.82) is 0 Å². The molecule has 11 heteroatoms. The number of benzene rings is 1. The van der Waals surface area contributed by atoms with E-state index in [1.54, 1.807) is 33.8 Å². The quantitative estimate of drug-likeness (QED) is 0.349. The van der Waals surface area contributed by atoms with Crippen molar-refractivity contribution in [3.05, 3.63) is 55.2 Å². The molecular weight excluding hydrogens is 486 g/mol. The van der Waals surface area contributed by atoms with E-state index in [0.29, 0.717) is 16.5 Å². The molecule has 0 radical (unpaired) electrons. The van der Waals surface area contributed by atoms with Gasteiger partial charge in [-0.05, 0) is 44.9 Å². The molecule has 0 aliphatic carbocycles. The van der Waals surface area contributed by atoms with E-state index in [-0.39, 0.29) is 45.0 Å². The number of carbonyl (C=O) groups excluding carboxylic acids is 3. The lowest BCUT2D eigenvalue weighted by Gasteiger charge is -2.10. The first-order valence-corrected chi connectivity index (χ1v) is 11.5. The van der Waals surface area contributed by atoms with Gasteiger partial charge in [0.2, 0.25) is 0 Å². The monoisotopic (exact) mass is 507 g/mol. The molecule has 1 amide bonds. The fourth-order valence-electron chi connectivity index (χ4n) is 3.18. The van der Waals surface area contributed by atoms with Gasteiger partial charge in [-0.15, -0.1) is 11.3 Å². The topological polar surface area (TPSA) is 121 Å². The molecule has 0 fully saturated rings. The number of carbonyl (C=O) groups is 3. The molecule has 180 valence electrons. The fourth-order valence-corrected chi connectivity index (χ4v) is 4.50. The maximum Gasteiger partial charge on any atom is 0.348 e. The highest BCUT2D eigenvalue weighted by molar-refractivity contribution is 7.18. The highest BCUT2D eigenvalue weighted by Gasteiger charge is 2.27. The van der Waals surface area contributed by atoms with Gasteiger partial charge in [0.15, 0.2) is 6.61 Å². The minimum absolute atomic E-state index is 0.0734. The minimum atomic E-state index is -0.675. The van der Waals surface area contributed by atoms with Crippen molar-refractivity contribution in [2.75, 3.05) is 25.1 Å². The summed E-state index contributed by atoms with van der Waals surface area (Å²) < 4.78 is 20.8. The smallest absolute Gasteiger partial charge is 0.348 e. The summed E-state index contributed by atoms with van der Waals surface area (Å²) in [5, 5.41) is 3.58. The third-order valence-electron chi connectivity index (χ3n) is 4.70. The zero-order valence-electron chi connectivity index (χ0n) is 18.9. The number of hydrogen-bond acceptors (Lipinski definition) is 9. The third kappa shape index (κ3) is 5.40. The molecule has 34 heavy (non-hydrogen) atoms. The summed E-state index contributed by atoms with van der Waals surface area (Å²) >= 11 is 7.17. The average Bonchev–Trinajstić information content (AvgIpc) is 3.09. The molecule has 3 aromatic rings. The summed E-state index contributed by atoms with van der Waals surface area (Å²) in [6.45, 7) is 6.45. The second-order valence-electron chi connectivity index (χ2n) is 7.07. The maximum atomic E-state index is 12.6. The number of nitrogens with one attached hydrogen (secondary N) is 1. The molecule has 2 heterocycles. The SMILES string of the molecule is CCOC(=O)c1sc(NC(=O)COc2cc3oc(=O)cc(C)c3cc2Cl)c(C(=O)OCC)c1C. The fraction of sp³-hybridized carbons (Fsp3) is 0.304. The van der Waals surface area contributed by atoms with Gasteiger partial charge in [0, 0.05) is 17.5 Å². The van der Waals surface area contributed by atoms with Crippen molar-refractivity contribution in [2.45, 2.75) is 27.7 Å². The second-order valence-corrected chi connectivity index (χ2v) is 8.49. The molecule has 9 nitrogen and oxygen atoms in total. The Kier molecular flexibility index (Phi) is 7.95. The van der Waals surface area contributed by atoms with Crippen LogP contribution in [0.25, 0.3) is 11.0 Å². The van der Waals surface area contributed by atoms with Crippen LogP contribution in [-0.4, -0.2) is 37.7 Å². The molecule has 0 aliphatic rings. The van der Waals surface area contributed by atoms with Gasteiger partial charge in [0.05, 0.1) is 23.8 Å². The number of esters is 2. The van der Waals surface area contributed by atoms with Crippen molar-refractivity contribution in [2.24, 2.45) is 0 Å². The lowest BCUT2D eigenvalue weighted by atomic mass is 10.1. The number of rotatable bonds is 8. The van der Waals surface area contributed by atoms with Crippen LogP contribution >= 0.6 is 22.9 Å². The molecule has 1 N–H and O–H groups in total. The van der Waals surface area contributed by atoms with E-state index in [1.165, 1.54) is 12.1 Å². The van der Waals surface area contributed by atoms with Gasteiger partial charge in [-0.3, -0.25) is 4.79 Å². The maximum absolute atomic E-state index is 12.6. The number of aryl methyl sites for hydroxylation is 1. The number of amides is 1. The van der Waals surface area contributed by atoms with Gasteiger partial charge < -0.3 is 23.9 Å². The van der Waals surface area contributed by atoms with Crippen molar-refractivity contribution < 1.29 is 33.0 Å². The molecule has 0 spiro atoms. The van der Waals surface area contributed by atoms with E-state index in [9.17, 15) is 19.2 Å². The van der Waals surface area contributed by atoms with Crippen LogP contribution in [0, 0.1) is 13.8 Å². The Morgan fingerprint density at radius 1 is 1.06 bits per heavy atom. The van der Waals surface area contributed by atoms with Crippen LogP contribution < -0.4 is 15.7 Å². The van der Waals surface area contributed by atoms with Gasteiger partial charge >= 0.3 is 17.6 Å². The summed E-state index contributed by atoms with van der Waals surface area (Å²) in [6.07, 6.45) is 0. The average molecular weight is 508 g/mol. The van der Waals surface area contributed by atoms with Crippen LogP contribution in [0.2, 0.25) is 5.02 Å². The van der Waals surface area contributed by atoms with E-state index < -0.39 is 30.1 Å². The lowest BCUT2D eigenvalue weighted by Crippen LogP contribution is -2.21. The van der Waals surface area contributed by atoms with Gasteiger partial charge in [-0.2, -0.15) is 0 Å². The standard InChI is InChI=1S/C23H22ClNO8S/c1-5-30-22(28)19-12(4)20(23(29)31-6-2)34-21(19)25-17(26)10-32-16-9-15-13(8-14(16)24)11(3)7-18(27)33-15/h7-9H,5-6,10H2,1-4H3,(H,25,26). The first-order valence-electron chi connectivity index (χ1n) is 10.3. The highest BCUT2D eigenvalue weighted by Crippen LogP contribution is 2.35. The van der Waals surface area contributed by atoms with Crippen LogP contribution in [0.1, 0.15) is 45.0 Å². The van der Waals surface area contributed by atoms with Crippen LogP contribution in [0.15, 0.2) is 27.4 Å². The number of halogens is 1. The van der Waals surface area contributed by atoms with Crippen LogP contribution in [0.3, 0.4) is 0 Å². The summed E-state index contributed by atoms with van der Waals surface area (Å²) in [7, 11) is 0. The molecular formula is C23H22ClNO8S. The van der Waals surface area contributed by atoms with Crippen LogP contribution in [0.4, 0.5) is 5.00 Å². The first-order chi connectivity index (χ1) is 16.2. The molecule has 3 rings (SSSR count). The minimum Gasteiger partial charge on any atom is -0.482 e. The van der Waals surface area contributed by atoms with Crippen LogP contribution in [-0.2, 0) is 14.3 Å². The Balaban J connectivity index is 1.82. The zero-order chi connectivity index (χ0) is 25.0. The molecule has 0 bridgehead atoms. The van der Waals surface area contributed by atoms with E-state index in [1.807, 2.05) is 0 Å². The van der Waals surface area contributed by atoms with Gasteiger partial charge in [0.25, 0.3) is 5.91 Å². The summed E-state index contributed by atoms with van der Waals surface area (Å²) in [5.41, 5.74) is 0.857. The van der Waals surface area contributed by atoms with Gasteiger partial charge in [-0.25, -0.2) is 14.4 Å². The third-order valence-corrected chi connectivity index (χ3v) is 6.19. The Labute approximate surface area is 203 Å². The number of ether oxygens (including phenoxy) is 3. The largest absolute Gasteiger partial charge is 0.482 e. The molecule has 0 aliphatic heterocycles. The summed E-state index contributed by atoms with van der Waals surface area (Å²) in [6, 6.07) is 4.36. The predicted octanol–water partition coefficient (Wildman–Crippen LogP) is 4.50. The molecule has 0 atom stereocenters. The summed E-state index contributed by atoms with van der Waals surface area (Å²) in [5.74, 6) is -1.75. The number of hydrogen-bond donors (Lipinski definition) is 1. The summed E-state index contributed by atoms with van der Waals surface area (Å²) in [4.78, 5) is 49.2. The second kappa shape index (κ2) is 10.7.